The van der Waals surface area contributed by atoms with Gasteiger partial charge in [0.1, 0.15) is 5.15 Å². The van der Waals surface area contributed by atoms with Gasteiger partial charge in [-0.1, -0.05) is 11.6 Å². The fraction of sp³-hybridized carbons (Fsp3) is 0.429. The third-order valence-electron chi connectivity index (χ3n) is 1.41. The molecule has 0 fully saturated rings. The molecule has 0 spiro atoms. The van der Waals surface area contributed by atoms with Gasteiger partial charge in [0.15, 0.2) is 0 Å². The van der Waals surface area contributed by atoms with Crippen LogP contribution in [0.4, 0.5) is 8.78 Å². The summed E-state index contributed by atoms with van der Waals surface area (Å²) in [6.45, 7) is -0.697. The Hall–Kier alpha value is -0.810. The van der Waals surface area contributed by atoms with Crippen LogP contribution in [0.25, 0.3) is 0 Å². The minimum atomic E-state index is -2.93. The Morgan fingerprint density at radius 2 is 2.08 bits per heavy atom. The molecule has 0 bridgehead atoms. The highest BCUT2D eigenvalue weighted by molar-refractivity contribution is 6.29. The van der Waals surface area contributed by atoms with Crippen molar-refractivity contribution in [3.63, 3.8) is 0 Å². The van der Waals surface area contributed by atoms with Crippen molar-refractivity contribution in [1.29, 1.82) is 0 Å². The molecule has 0 atom stereocenters. The average molecular weight is 208 g/mol. The van der Waals surface area contributed by atoms with Crippen LogP contribution in [0.5, 0.6) is 0 Å². The van der Waals surface area contributed by atoms with E-state index in [2.05, 4.69) is 9.97 Å². The van der Waals surface area contributed by atoms with Gasteiger partial charge in [0.05, 0.1) is 31.1 Å². The first-order chi connectivity index (χ1) is 6.03. The fourth-order valence-electron chi connectivity index (χ4n) is 0.767. The smallest absolute Gasteiger partial charge is 0.265 e. The molecule has 0 unspecified atom stereocenters. The molecule has 0 aromatic carbocycles. The Kier molecular flexibility index (Phi) is 3.11. The molecular weight excluding hydrogens is 200 g/mol. The van der Waals surface area contributed by atoms with Crippen molar-refractivity contribution in [2.45, 2.75) is 12.3 Å². The Morgan fingerprint density at radius 1 is 1.38 bits per heavy atom. The number of hydrogen-bond donors (Lipinski definition) is 1. The van der Waals surface area contributed by atoms with Gasteiger partial charge >= 0.3 is 0 Å². The lowest BCUT2D eigenvalue weighted by Gasteiger charge is -2.12. The summed E-state index contributed by atoms with van der Waals surface area (Å²) < 4.78 is 25.4. The third kappa shape index (κ3) is 3.20. The van der Waals surface area contributed by atoms with Crippen LogP contribution in [0, 0.1) is 0 Å². The summed E-state index contributed by atoms with van der Waals surface area (Å²) in [5, 5.41) is 0.180. The molecule has 1 aromatic heterocycles. The van der Waals surface area contributed by atoms with Crippen molar-refractivity contribution < 1.29 is 8.78 Å². The molecule has 72 valence electrons. The van der Waals surface area contributed by atoms with Gasteiger partial charge in [-0.15, -0.1) is 0 Å². The van der Waals surface area contributed by atoms with E-state index in [-0.39, 0.29) is 10.8 Å². The Morgan fingerprint density at radius 3 is 2.54 bits per heavy atom. The zero-order valence-corrected chi connectivity index (χ0v) is 7.43. The average Bonchev–Trinajstić information content (AvgIpc) is 2.09. The monoisotopic (exact) mass is 207 g/mol. The summed E-state index contributed by atoms with van der Waals surface area (Å²) in [5.41, 5.74) is 5.04. The van der Waals surface area contributed by atoms with E-state index >= 15 is 0 Å². The van der Waals surface area contributed by atoms with Gasteiger partial charge in [0.2, 0.25) is 0 Å². The highest BCUT2D eigenvalue weighted by Crippen LogP contribution is 2.16. The molecule has 1 heterocycles. The molecule has 1 aromatic rings. The van der Waals surface area contributed by atoms with Gasteiger partial charge in [-0.3, -0.25) is 4.98 Å². The lowest BCUT2D eigenvalue weighted by atomic mass is 10.2. The zero-order chi connectivity index (χ0) is 9.90. The van der Waals surface area contributed by atoms with Crippen LogP contribution in [0.15, 0.2) is 12.4 Å². The van der Waals surface area contributed by atoms with Crippen LogP contribution < -0.4 is 5.73 Å². The number of halogens is 3. The maximum Gasteiger partial charge on any atom is 0.265 e. The van der Waals surface area contributed by atoms with Crippen molar-refractivity contribution in [1.82, 2.24) is 9.97 Å². The molecule has 0 amide bonds. The molecule has 0 saturated carbocycles. The standard InChI is InChI=1S/C7H8ClF2N3/c8-6-3-12-5(2-13-6)1-7(9,10)4-11/h2-3H,1,4,11H2. The van der Waals surface area contributed by atoms with E-state index in [1.54, 1.807) is 0 Å². The van der Waals surface area contributed by atoms with Crippen molar-refractivity contribution in [3.05, 3.63) is 23.2 Å². The van der Waals surface area contributed by atoms with Crippen LogP contribution in [-0.4, -0.2) is 22.4 Å². The summed E-state index contributed by atoms with van der Waals surface area (Å²) in [6.07, 6.45) is 1.93. The minimum absolute atomic E-state index is 0.180. The summed E-state index contributed by atoms with van der Waals surface area (Å²) in [7, 11) is 0. The van der Waals surface area contributed by atoms with Crippen molar-refractivity contribution >= 4 is 11.6 Å². The molecule has 1 rings (SSSR count). The maximum absolute atomic E-state index is 12.7. The largest absolute Gasteiger partial charge is 0.325 e. The number of nitrogens with zero attached hydrogens (tertiary/aromatic N) is 2. The molecule has 6 heteroatoms. The first-order valence-electron chi connectivity index (χ1n) is 3.58. The second-order valence-corrected chi connectivity index (χ2v) is 2.95. The van der Waals surface area contributed by atoms with Gasteiger partial charge in [-0.2, -0.15) is 0 Å². The van der Waals surface area contributed by atoms with E-state index in [9.17, 15) is 8.78 Å². The topological polar surface area (TPSA) is 51.8 Å². The van der Waals surface area contributed by atoms with Crippen LogP contribution in [0.2, 0.25) is 5.15 Å². The molecule has 0 radical (unpaired) electrons. The third-order valence-corrected chi connectivity index (χ3v) is 1.61. The molecule has 13 heavy (non-hydrogen) atoms. The molecule has 0 saturated heterocycles. The van der Waals surface area contributed by atoms with Crippen LogP contribution in [-0.2, 0) is 6.42 Å². The van der Waals surface area contributed by atoms with Crippen LogP contribution >= 0.6 is 11.6 Å². The summed E-state index contributed by atoms with van der Waals surface area (Å²) in [4.78, 5) is 7.31. The van der Waals surface area contributed by atoms with E-state index in [4.69, 9.17) is 17.3 Å². The molecular formula is C7H8ClF2N3. The Labute approximate surface area is 78.9 Å². The van der Waals surface area contributed by atoms with Gasteiger partial charge < -0.3 is 5.73 Å². The minimum Gasteiger partial charge on any atom is -0.325 e. The van der Waals surface area contributed by atoms with Gasteiger partial charge in [0, 0.05) is 0 Å². The van der Waals surface area contributed by atoms with Crippen molar-refractivity contribution in [2.75, 3.05) is 6.54 Å². The van der Waals surface area contributed by atoms with Crippen LogP contribution in [0.1, 0.15) is 5.69 Å². The second kappa shape index (κ2) is 3.93. The number of aromatic nitrogens is 2. The van der Waals surface area contributed by atoms with Crippen LogP contribution in [0.3, 0.4) is 0 Å². The molecule has 2 N–H and O–H groups in total. The maximum atomic E-state index is 12.7. The number of rotatable bonds is 3. The second-order valence-electron chi connectivity index (χ2n) is 2.57. The normalized spacial score (nSPS) is 11.7. The van der Waals surface area contributed by atoms with Gasteiger partial charge in [-0.25, -0.2) is 13.8 Å². The lowest BCUT2D eigenvalue weighted by Crippen LogP contribution is -2.30. The summed E-state index contributed by atoms with van der Waals surface area (Å²) >= 11 is 5.43. The Balaban J connectivity index is 2.69. The van der Waals surface area contributed by atoms with E-state index in [0.717, 1.165) is 0 Å². The summed E-state index contributed by atoms with van der Waals surface area (Å²) in [6, 6.07) is 0. The number of hydrogen-bond acceptors (Lipinski definition) is 3. The highest BCUT2D eigenvalue weighted by Gasteiger charge is 2.27. The van der Waals surface area contributed by atoms with Crippen molar-refractivity contribution in [3.8, 4) is 0 Å². The van der Waals surface area contributed by atoms with Gasteiger partial charge in [-0.05, 0) is 0 Å². The predicted octanol–water partition coefficient (Wildman–Crippen LogP) is 1.27. The molecule has 0 aliphatic heterocycles. The van der Waals surface area contributed by atoms with E-state index in [1.807, 2.05) is 0 Å². The quantitative estimate of drug-likeness (QED) is 0.812. The Bertz CT molecular complexity index is 276. The fourth-order valence-corrected chi connectivity index (χ4v) is 0.865. The van der Waals surface area contributed by atoms with E-state index in [1.165, 1.54) is 12.4 Å². The number of nitrogens with two attached hydrogens (primary N) is 1. The van der Waals surface area contributed by atoms with E-state index in [0.29, 0.717) is 0 Å². The van der Waals surface area contributed by atoms with E-state index < -0.39 is 18.9 Å². The first kappa shape index (κ1) is 10.3. The first-order valence-corrected chi connectivity index (χ1v) is 3.95. The lowest BCUT2D eigenvalue weighted by molar-refractivity contribution is 0.0105. The molecule has 0 aliphatic carbocycles. The summed E-state index contributed by atoms with van der Waals surface area (Å²) in [5.74, 6) is -2.93. The highest BCUT2D eigenvalue weighted by atomic mass is 35.5. The zero-order valence-electron chi connectivity index (χ0n) is 6.67. The van der Waals surface area contributed by atoms with Gasteiger partial charge in [0.25, 0.3) is 5.92 Å². The number of alkyl halides is 2. The SMILES string of the molecule is NCC(F)(F)Cc1cnc(Cl)cn1. The predicted molar refractivity (Wildman–Crippen MR) is 44.7 cm³/mol. The molecule has 0 aliphatic rings. The van der Waals surface area contributed by atoms with Crippen molar-refractivity contribution in [2.24, 2.45) is 5.73 Å². The molecule has 3 nitrogen and oxygen atoms in total.